The second-order valence-corrected chi connectivity index (χ2v) is 3.33. The third kappa shape index (κ3) is 2.29. The van der Waals surface area contributed by atoms with Gasteiger partial charge in [0.15, 0.2) is 0 Å². The summed E-state index contributed by atoms with van der Waals surface area (Å²) >= 11 is 3.81. The van der Waals surface area contributed by atoms with E-state index in [-0.39, 0.29) is 0 Å². The van der Waals surface area contributed by atoms with E-state index in [2.05, 4.69) is 11.5 Å². The summed E-state index contributed by atoms with van der Waals surface area (Å²) in [6.07, 6.45) is 3.15. The highest BCUT2D eigenvalue weighted by molar-refractivity contribution is 8.05. The molecule has 0 amide bonds. The van der Waals surface area contributed by atoms with E-state index >= 15 is 0 Å². The number of hydrogen-bond donors (Lipinski definition) is 0. The Hall–Kier alpha value is 0.440. The van der Waals surface area contributed by atoms with Crippen LogP contribution in [0.3, 0.4) is 0 Å². The molecular weight excluding hydrogens is 124 g/mol. The Bertz CT molecular complexity index is 60.5. The van der Waals surface area contributed by atoms with E-state index in [1.54, 1.807) is 0 Å². The average Bonchev–Trinajstić information content (AvgIpc) is 1.90. The van der Waals surface area contributed by atoms with Crippen molar-refractivity contribution in [1.29, 1.82) is 0 Å². The maximum absolute atomic E-state index is 3.15. The van der Waals surface area contributed by atoms with Gasteiger partial charge in [-0.25, -0.2) is 0 Å². The van der Waals surface area contributed by atoms with Crippen LogP contribution in [0.1, 0.15) is 0 Å². The van der Waals surface area contributed by atoms with Crippen molar-refractivity contribution in [2.75, 3.05) is 17.3 Å². The second kappa shape index (κ2) is 3.44. The minimum Gasteiger partial charge on any atom is -0.156 e. The summed E-state index contributed by atoms with van der Waals surface area (Å²) in [6.45, 7) is 0. The van der Waals surface area contributed by atoms with Crippen molar-refractivity contribution >= 4 is 23.5 Å². The molecule has 0 atom stereocenters. The summed E-state index contributed by atoms with van der Waals surface area (Å²) < 4.78 is 0. The van der Waals surface area contributed by atoms with E-state index in [0.717, 1.165) is 5.75 Å². The van der Waals surface area contributed by atoms with Crippen molar-refractivity contribution in [3.8, 4) is 0 Å². The van der Waals surface area contributed by atoms with Gasteiger partial charge in [0.1, 0.15) is 0 Å². The summed E-state index contributed by atoms with van der Waals surface area (Å²) in [6, 6.07) is 0. The van der Waals surface area contributed by atoms with Crippen LogP contribution in [-0.2, 0) is 0 Å². The van der Waals surface area contributed by atoms with E-state index in [1.807, 2.05) is 23.5 Å². The molecule has 0 fully saturated rings. The maximum Gasteiger partial charge on any atom is 0.0193 e. The predicted octanol–water partition coefficient (Wildman–Crippen LogP) is 1.78. The Kier molecular flexibility index (Phi) is 2.74. The van der Waals surface area contributed by atoms with Gasteiger partial charge < -0.3 is 0 Å². The van der Waals surface area contributed by atoms with Crippen molar-refractivity contribution in [2.45, 2.75) is 0 Å². The van der Waals surface area contributed by atoms with Crippen molar-refractivity contribution in [2.24, 2.45) is 0 Å². The Balaban J connectivity index is 2.20. The molecular formula is C5H7S2. The van der Waals surface area contributed by atoms with E-state index in [0.29, 0.717) is 0 Å². The monoisotopic (exact) mass is 131 g/mol. The van der Waals surface area contributed by atoms with Crippen LogP contribution in [0.2, 0.25) is 0 Å². The smallest absolute Gasteiger partial charge is 0.0193 e. The molecule has 2 heteroatoms. The molecule has 0 unspecified atom stereocenters. The lowest BCUT2D eigenvalue weighted by atomic mass is 10.8. The largest absolute Gasteiger partial charge is 0.156 e. The van der Waals surface area contributed by atoms with Crippen molar-refractivity contribution in [1.82, 2.24) is 0 Å². The molecule has 0 aromatic rings. The molecule has 1 rings (SSSR count). The van der Waals surface area contributed by atoms with Gasteiger partial charge in [-0.1, -0.05) is 0 Å². The zero-order valence-electron chi connectivity index (χ0n) is 4.02. The van der Waals surface area contributed by atoms with Gasteiger partial charge in [-0.3, -0.25) is 0 Å². The molecule has 1 aliphatic heterocycles. The molecule has 1 heterocycles. The van der Waals surface area contributed by atoms with E-state index in [4.69, 9.17) is 0 Å². The Morgan fingerprint density at radius 3 is 3.43 bits per heavy atom. The van der Waals surface area contributed by atoms with Gasteiger partial charge in [-0.15, -0.1) is 11.8 Å². The normalized spacial score (nSPS) is 21.7. The van der Waals surface area contributed by atoms with Crippen molar-refractivity contribution in [3.63, 3.8) is 0 Å². The molecule has 0 N–H and O–H groups in total. The first-order valence-corrected chi connectivity index (χ1v) is 4.45. The highest BCUT2D eigenvalue weighted by Gasteiger charge is 1.89. The van der Waals surface area contributed by atoms with Gasteiger partial charge in [-0.2, -0.15) is 11.8 Å². The van der Waals surface area contributed by atoms with Crippen LogP contribution in [0.25, 0.3) is 0 Å². The number of thioether (sulfide) groups is 2. The first-order chi connectivity index (χ1) is 3.50. The molecule has 1 aliphatic rings. The lowest BCUT2D eigenvalue weighted by Gasteiger charge is -1.86. The van der Waals surface area contributed by atoms with Gasteiger partial charge in [-0.05, 0) is 11.5 Å². The van der Waals surface area contributed by atoms with Gasteiger partial charge >= 0.3 is 0 Å². The molecule has 0 aromatic carbocycles. The quantitative estimate of drug-likeness (QED) is 0.491. The van der Waals surface area contributed by atoms with Gasteiger partial charge in [0.2, 0.25) is 0 Å². The van der Waals surface area contributed by atoms with Crippen molar-refractivity contribution in [3.05, 3.63) is 11.5 Å². The molecule has 0 bridgehead atoms. The molecule has 0 saturated heterocycles. The molecule has 0 aromatic heterocycles. The molecule has 7 heavy (non-hydrogen) atoms. The number of rotatable bonds is 0. The van der Waals surface area contributed by atoms with Crippen LogP contribution in [0.15, 0.2) is 5.41 Å². The lowest BCUT2D eigenvalue weighted by molar-refractivity contribution is 1.56. The molecule has 39 valence electrons. The summed E-state index contributed by atoms with van der Waals surface area (Å²) in [5, 5.41) is 2.07. The molecule has 0 nitrogen and oxygen atoms in total. The Morgan fingerprint density at radius 1 is 1.43 bits per heavy atom. The number of hydrogen-bond acceptors (Lipinski definition) is 2. The molecule has 0 aliphatic carbocycles. The van der Waals surface area contributed by atoms with Crippen LogP contribution >= 0.6 is 23.5 Å². The highest BCUT2D eigenvalue weighted by Crippen LogP contribution is 2.12. The van der Waals surface area contributed by atoms with Crippen molar-refractivity contribution < 1.29 is 0 Å². The first kappa shape index (κ1) is 5.57. The summed E-state index contributed by atoms with van der Waals surface area (Å²) in [4.78, 5) is 0. The fourth-order valence-electron chi connectivity index (χ4n) is 0.390. The zero-order chi connectivity index (χ0) is 4.95. The van der Waals surface area contributed by atoms with Crippen LogP contribution in [0, 0.1) is 6.08 Å². The Morgan fingerprint density at radius 2 is 2.43 bits per heavy atom. The third-order valence-electron chi connectivity index (χ3n) is 0.698. The maximum atomic E-state index is 3.15. The SMILES string of the molecule is [C]1=CSCCSC1. The third-order valence-corrected chi connectivity index (χ3v) is 2.59. The van der Waals surface area contributed by atoms with Crippen LogP contribution in [-0.4, -0.2) is 17.3 Å². The minimum absolute atomic E-state index is 1.09. The summed E-state index contributed by atoms with van der Waals surface area (Å²) in [5.74, 6) is 3.64. The average molecular weight is 131 g/mol. The Labute approximate surface area is 52.7 Å². The molecule has 0 saturated carbocycles. The fraction of sp³-hybridized carbons (Fsp3) is 0.600. The minimum atomic E-state index is 1.09. The zero-order valence-corrected chi connectivity index (χ0v) is 5.65. The van der Waals surface area contributed by atoms with Gasteiger partial charge in [0, 0.05) is 17.3 Å². The topological polar surface area (TPSA) is 0 Å². The fourth-order valence-corrected chi connectivity index (χ4v) is 2.02. The van der Waals surface area contributed by atoms with E-state index in [9.17, 15) is 0 Å². The van der Waals surface area contributed by atoms with Crippen LogP contribution in [0.5, 0.6) is 0 Å². The van der Waals surface area contributed by atoms with Gasteiger partial charge in [0.05, 0.1) is 0 Å². The predicted molar refractivity (Wildman–Crippen MR) is 37.6 cm³/mol. The standard InChI is InChI=1S/C5H7S2/c1-2-6-4-5-7-3-1/h2H,3-5H2. The second-order valence-electron chi connectivity index (χ2n) is 1.25. The first-order valence-electron chi connectivity index (χ1n) is 2.24. The van der Waals surface area contributed by atoms with Crippen LogP contribution in [0.4, 0.5) is 0 Å². The lowest BCUT2D eigenvalue weighted by Crippen LogP contribution is -1.77. The summed E-state index contributed by atoms with van der Waals surface area (Å²) in [7, 11) is 0. The summed E-state index contributed by atoms with van der Waals surface area (Å²) in [5.41, 5.74) is 0. The van der Waals surface area contributed by atoms with Gasteiger partial charge in [0.25, 0.3) is 0 Å². The molecule has 1 radical (unpaired) electrons. The van der Waals surface area contributed by atoms with E-state index in [1.165, 1.54) is 11.5 Å². The highest BCUT2D eigenvalue weighted by atomic mass is 32.2. The van der Waals surface area contributed by atoms with Crippen LogP contribution < -0.4 is 0 Å². The molecule has 0 spiro atoms. The van der Waals surface area contributed by atoms with E-state index < -0.39 is 0 Å².